The van der Waals surface area contributed by atoms with Crippen LogP contribution in [0.2, 0.25) is 0 Å². The summed E-state index contributed by atoms with van der Waals surface area (Å²) in [6.45, 7) is 4.26. The van der Waals surface area contributed by atoms with E-state index in [2.05, 4.69) is 6.92 Å². The molecule has 0 aliphatic rings. The molecular weight excluding hydrogens is 178 g/mol. The topological polar surface area (TPSA) is 43.7 Å². The molecule has 0 spiro atoms. The van der Waals surface area contributed by atoms with Crippen LogP contribution in [-0.4, -0.2) is 53.3 Å². The van der Waals surface area contributed by atoms with Gasteiger partial charge in [-0.1, -0.05) is 6.92 Å². The molecule has 3 nitrogen and oxygen atoms in total. The minimum Gasteiger partial charge on any atom is -0.395 e. The van der Waals surface area contributed by atoms with Gasteiger partial charge in [0.25, 0.3) is 0 Å². The summed E-state index contributed by atoms with van der Waals surface area (Å²) in [4.78, 5) is 2.01. The SMILES string of the molecule is CCCN(CCO)CC(O)CCl. The molecule has 0 heterocycles. The second-order valence-electron chi connectivity index (χ2n) is 2.83. The second-order valence-corrected chi connectivity index (χ2v) is 3.14. The van der Waals surface area contributed by atoms with E-state index in [4.69, 9.17) is 16.7 Å². The van der Waals surface area contributed by atoms with E-state index >= 15 is 0 Å². The van der Waals surface area contributed by atoms with E-state index in [0.717, 1.165) is 13.0 Å². The molecule has 0 radical (unpaired) electrons. The Labute approximate surface area is 78.9 Å². The number of nitrogens with zero attached hydrogens (tertiary/aromatic N) is 1. The summed E-state index contributed by atoms with van der Waals surface area (Å²) >= 11 is 5.46. The quantitative estimate of drug-likeness (QED) is 0.574. The zero-order chi connectivity index (χ0) is 9.40. The Morgan fingerprint density at radius 1 is 1.42 bits per heavy atom. The summed E-state index contributed by atoms with van der Waals surface area (Å²) in [6, 6.07) is 0. The third kappa shape index (κ3) is 5.77. The average molecular weight is 196 g/mol. The first kappa shape index (κ1) is 12.2. The van der Waals surface area contributed by atoms with E-state index < -0.39 is 6.10 Å². The van der Waals surface area contributed by atoms with Crippen molar-refractivity contribution >= 4 is 11.6 Å². The van der Waals surface area contributed by atoms with E-state index in [9.17, 15) is 5.11 Å². The highest BCUT2D eigenvalue weighted by Crippen LogP contribution is 1.96. The largest absolute Gasteiger partial charge is 0.395 e. The third-order valence-corrected chi connectivity index (χ3v) is 1.96. The molecule has 12 heavy (non-hydrogen) atoms. The number of rotatable bonds is 7. The lowest BCUT2D eigenvalue weighted by molar-refractivity contribution is 0.113. The summed E-state index contributed by atoms with van der Waals surface area (Å²) in [7, 11) is 0. The molecule has 0 saturated heterocycles. The minimum absolute atomic E-state index is 0.134. The van der Waals surface area contributed by atoms with Gasteiger partial charge >= 0.3 is 0 Å². The summed E-state index contributed by atoms with van der Waals surface area (Å²) in [5, 5.41) is 17.9. The number of halogens is 1. The molecule has 0 rings (SSSR count). The Kier molecular flexibility index (Phi) is 7.91. The third-order valence-electron chi connectivity index (χ3n) is 1.60. The standard InChI is InChI=1S/C8H18ClNO2/c1-2-3-10(4-5-11)7-8(12)6-9/h8,11-12H,2-7H2,1H3. The molecule has 0 aliphatic carbocycles. The number of alkyl halides is 1. The van der Waals surface area contributed by atoms with Crippen LogP contribution in [0.3, 0.4) is 0 Å². The maximum atomic E-state index is 9.23. The predicted molar refractivity (Wildman–Crippen MR) is 50.5 cm³/mol. The molecule has 0 aromatic rings. The van der Waals surface area contributed by atoms with Crippen LogP contribution >= 0.6 is 11.6 Å². The maximum Gasteiger partial charge on any atom is 0.0802 e. The van der Waals surface area contributed by atoms with Crippen LogP contribution in [0.4, 0.5) is 0 Å². The lowest BCUT2D eigenvalue weighted by Crippen LogP contribution is -2.35. The van der Waals surface area contributed by atoms with Crippen molar-refractivity contribution in [3.63, 3.8) is 0 Å². The summed E-state index contributed by atoms with van der Waals surface area (Å²) in [6.07, 6.45) is 0.541. The van der Waals surface area contributed by atoms with Crippen molar-refractivity contribution < 1.29 is 10.2 Å². The lowest BCUT2D eigenvalue weighted by Gasteiger charge is -2.22. The fraction of sp³-hybridized carbons (Fsp3) is 1.00. The smallest absolute Gasteiger partial charge is 0.0802 e. The predicted octanol–water partition coefficient (Wildman–Crippen LogP) is 0.290. The Bertz CT molecular complexity index is 97.1. The first-order valence-electron chi connectivity index (χ1n) is 4.31. The van der Waals surface area contributed by atoms with Gasteiger partial charge in [-0.15, -0.1) is 11.6 Å². The molecular formula is C8H18ClNO2. The van der Waals surface area contributed by atoms with E-state index in [-0.39, 0.29) is 12.5 Å². The highest BCUT2D eigenvalue weighted by molar-refractivity contribution is 6.18. The highest BCUT2D eigenvalue weighted by Gasteiger charge is 2.08. The zero-order valence-electron chi connectivity index (χ0n) is 7.54. The molecule has 0 fully saturated rings. The van der Waals surface area contributed by atoms with Crippen molar-refractivity contribution in [1.82, 2.24) is 4.90 Å². The van der Waals surface area contributed by atoms with Crippen LogP contribution in [0.25, 0.3) is 0 Å². The Morgan fingerprint density at radius 3 is 2.50 bits per heavy atom. The number of hydrogen-bond acceptors (Lipinski definition) is 3. The van der Waals surface area contributed by atoms with Crippen LogP contribution < -0.4 is 0 Å². The maximum absolute atomic E-state index is 9.23. The Morgan fingerprint density at radius 2 is 2.08 bits per heavy atom. The summed E-state index contributed by atoms with van der Waals surface area (Å²) in [5.41, 5.74) is 0. The Balaban J connectivity index is 3.61. The van der Waals surface area contributed by atoms with Gasteiger partial charge in [0.15, 0.2) is 0 Å². The van der Waals surface area contributed by atoms with Gasteiger partial charge < -0.3 is 10.2 Å². The van der Waals surface area contributed by atoms with Crippen molar-refractivity contribution in [1.29, 1.82) is 0 Å². The van der Waals surface area contributed by atoms with Crippen LogP contribution in [0.5, 0.6) is 0 Å². The van der Waals surface area contributed by atoms with E-state index in [1.807, 2.05) is 4.90 Å². The van der Waals surface area contributed by atoms with Crippen molar-refractivity contribution in [2.24, 2.45) is 0 Å². The van der Waals surface area contributed by atoms with Gasteiger partial charge in [-0.05, 0) is 13.0 Å². The number of hydrogen-bond donors (Lipinski definition) is 2. The number of aliphatic hydroxyl groups is 2. The molecule has 0 aliphatic heterocycles. The van der Waals surface area contributed by atoms with E-state index in [0.29, 0.717) is 13.1 Å². The summed E-state index contributed by atoms with van der Waals surface area (Å²) < 4.78 is 0. The van der Waals surface area contributed by atoms with Gasteiger partial charge in [0.05, 0.1) is 12.7 Å². The average Bonchev–Trinajstić information content (AvgIpc) is 2.05. The van der Waals surface area contributed by atoms with Gasteiger partial charge in [0, 0.05) is 19.0 Å². The Hall–Kier alpha value is 0.170. The first-order valence-corrected chi connectivity index (χ1v) is 4.85. The van der Waals surface area contributed by atoms with E-state index in [1.54, 1.807) is 0 Å². The molecule has 0 aromatic heterocycles. The van der Waals surface area contributed by atoms with Crippen molar-refractivity contribution in [2.45, 2.75) is 19.4 Å². The van der Waals surface area contributed by atoms with Crippen molar-refractivity contribution in [3.8, 4) is 0 Å². The van der Waals surface area contributed by atoms with Gasteiger partial charge in [-0.3, -0.25) is 4.90 Å². The fourth-order valence-corrected chi connectivity index (χ4v) is 1.20. The monoisotopic (exact) mass is 195 g/mol. The van der Waals surface area contributed by atoms with Crippen molar-refractivity contribution in [3.05, 3.63) is 0 Å². The zero-order valence-corrected chi connectivity index (χ0v) is 8.30. The first-order chi connectivity index (χ1) is 5.74. The molecule has 0 bridgehead atoms. The minimum atomic E-state index is -0.482. The van der Waals surface area contributed by atoms with Crippen LogP contribution in [0.1, 0.15) is 13.3 Å². The van der Waals surface area contributed by atoms with Gasteiger partial charge in [-0.2, -0.15) is 0 Å². The number of aliphatic hydroxyl groups excluding tert-OH is 2. The molecule has 2 N–H and O–H groups in total. The molecule has 4 heteroatoms. The van der Waals surface area contributed by atoms with Gasteiger partial charge in [0.2, 0.25) is 0 Å². The molecule has 0 aromatic carbocycles. The van der Waals surface area contributed by atoms with Crippen LogP contribution in [-0.2, 0) is 0 Å². The van der Waals surface area contributed by atoms with Gasteiger partial charge in [0.1, 0.15) is 0 Å². The highest BCUT2D eigenvalue weighted by atomic mass is 35.5. The molecule has 0 saturated carbocycles. The van der Waals surface area contributed by atoms with Crippen LogP contribution in [0.15, 0.2) is 0 Å². The molecule has 74 valence electrons. The second kappa shape index (κ2) is 7.80. The van der Waals surface area contributed by atoms with Crippen LogP contribution in [0, 0.1) is 0 Å². The molecule has 0 amide bonds. The van der Waals surface area contributed by atoms with Crippen molar-refractivity contribution in [2.75, 3.05) is 32.1 Å². The summed E-state index contributed by atoms with van der Waals surface area (Å²) in [5.74, 6) is 0.256. The van der Waals surface area contributed by atoms with E-state index in [1.165, 1.54) is 0 Å². The lowest BCUT2D eigenvalue weighted by atomic mass is 10.3. The van der Waals surface area contributed by atoms with Gasteiger partial charge in [-0.25, -0.2) is 0 Å². The fourth-order valence-electron chi connectivity index (χ4n) is 1.10. The normalized spacial score (nSPS) is 13.8. The molecule has 1 unspecified atom stereocenters. The molecule has 1 atom stereocenters.